The van der Waals surface area contributed by atoms with Crippen molar-refractivity contribution in [2.24, 2.45) is 0 Å². The highest BCUT2D eigenvalue weighted by atomic mass is 16.5. The summed E-state index contributed by atoms with van der Waals surface area (Å²) in [4.78, 5) is 20.1. The molecule has 0 aliphatic heterocycles. The number of aromatic nitrogens is 2. The van der Waals surface area contributed by atoms with Crippen LogP contribution in [0.2, 0.25) is 0 Å². The molecular weight excluding hydrogens is 280 g/mol. The van der Waals surface area contributed by atoms with Crippen molar-refractivity contribution in [1.82, 2.24) is 15.3 Å². The van der Waals surface area contributed by atoms with Gasteiger partial charge in [-0.2, -0.15) is 0 Å². The molecule has 1 heterocycles. The normalized spacial score (nSPS) is 14.3. The molecule has 0 radical (unpaired) electrons. The second-order valence-electron chi connectivity index (χ2n) is 5.33. The minimum absolute atomic E-state index is 0.184. The number of anilines is 1. The van der Waals surface area contributed by atoms with E-state index in [1.807, 2.05) is 0 Å². The van der Waals surface area contributed by atoms with Crippen LogP contribution in [0.1, 0.15) is 42.5 Å². The molecule has 1 aromatic rings. The van der Waals surface area contributed by atoms with Crippen molar-refractivity contribution in [3.05, 3.63) is 29.6 Å². The molecule has 1 aliphatic rings. The number of allylic oxidation sites excluding steroid dienone is 1. The van der Waals surface area contributed by atoms with Crippen molar-refractivity contribution >= 4 is 11.9 Å². The smallest absolute Gasteiger partial charge is 0.254 e. The van der Waals surface area contributed by atoms with E-state index in [1.165, 1.54) is 43.7 Å². The lowest BCUT2D eigenvalue weighted by Crippen LogP contribution is -2.27. The SMILES string of the molecule is COCCNC(=O)c1cnc(NCCC2=CCCCC2)nc1. The van der Waals surface area contributed by atoms with Crippen molar-refractivity contribution in [3.63, 3.8) is 0 Å². The molecule has 0 spiro atoms. The largest absolute Gasteiger partial charge is 0.383 e. The minimum atomic E-state index is -0.184. The number of rotatable bonds is 8. The van der Waals surface area contributed by atoms with Gasteiger partial charge in [0.15, 0.2) is 0 Å². The highest BCUT2D eigenvalue weighted by molar-refractivity contribution is 5.93. The maximum absolute atomic E-state index is 11.8. The predicted molar refractivity (Wildman–Crippen MR) is 85.9 cm³/mol. The van der Waals surface area contributed by atoms with Crippen LogP contribution in [0.3, 0.4) is 0 Å². The maximum Gasteiger partial charge on any atom is 0.254 e. The second kappa shape index (κ2) is 9.15. The molecule has 0 aromatic carbocycles. The lowest BCUT2D eigenvalue weighted by atomic mass is 9.97. The summed E-state index contributed by atoms with van der Waals surface area (Å²) in [5.41, 5.74) is 1.98. The monoisotopic (exact) mass is 304 g/mol. The lowest BCUT2D eigenvalue weighted by Gasteiger charge is -2.12. The average Bonchev–Trinajstić information content (AvgIpc) is 2.56. The molecule has 1 aliphatic carbocycles. The maximum atomic E-state index is 11.8. The number of nitrogens with zero attached hydrogens (tertiary/aromatic N) is 2. The van der Waals surface area contributed by atoms with E-state index in [9.17, 15) is 4.79 Å². The zero-order valence-electron chi connectivity index (χ0n) is 13.1. The van der Waals surface area contributed by atoms with E-state index in [0.29, 0.717) is 24.7 Å². The standard InChI is InChI=1S/C16H24N4O2/c1-22-10-9-17-15(21)14-11-19-16(20-12-14)18-8-7-13-5-3-2-4-6-13/h5,11-12H,2-4,6-10H2,1H3,(H,17,21)(H,18,19,20). The zero-order valence-corrected chi connectivity index (χ0v) is 13.1. The van der Waals surface area contributed by atoms with Crippen molar-refractivity contribution in [2.45, 2.75) is 32.1 Å². The van der Waals surface area contributed by atoms with Crippen LogP contribution in [0.4, 0.5) is 5.95 Å². The number of amides is 1. The molecular formula is C16H24N4O2. The zero-order chi connectivity index (χ0) is 15.6. The molecule has 120 valence electrons. The quantitative estimate of drug-likeness (QED) is 0.568. The number of carbonyl (C=O) groups is 1. The molecule has 0 saturated heterocycles. The van der Waals surface area contributed by atoms with Gasteiger partial charge >= 0.3 is 0 Å². The Hall–Kier alpha value is -1.95. The van der Waals surface area contributed by atoms with Crippen LogP contribution in [0.25, 0.3) is 0 Å². The fourth-order valence-corrected chi connectivity index (χ4v) is 2.37. The number of nitrogens with one attached hydrogen (secondary N) is 2. The Morgan fingerprint density at radius 2 is 2.09 bits per heavy atom. The van der Waals surface area contributed by atoms with E-state index in [1.54, 1.807) is 7.11 Å². The van der Waals surface area contributed by atoms with Gasteiger partial charge < -0.3 is 15.4 Å². The Labute approximate surface area is 131 Å². The van der Waals surface area contributed by atoms with Gasteiger partial charge in [-0.05, 0) is 32.1 Å². The molecule has 0 unspecified atom stereocenters. The molecule has 22 heavy (non-hydrogen) atoms. The summed E-state index contributed by atoms with van der Waals surface area (Å²) >= 11 is 0. The first-order valence-corrected chi connectivity index (χ1v) is 7.80. The molecule has 1 amide bonds. The van der Waals surface area contributed by atoms with Crippen molar-refractivity contribution < 1.29 is 9.53 Å². The molecule has 6 heteroatoms. The van der Waals surface area contributed by atoms with Crippen LogP contribution in [0, 0.1) is 0 Å². The molecule has 0 bridgehead atoms. The second-order valence-corrected chi connectivity index (χ2v) is 5.33. The third-order valence-electron chi connectivity index (χ3n) is 3.62. The Bertz CT molecular complexity index is 499. The Balaban J connectivity index is 1.74. The first-order valence-electron chi connectivity index (χ1n) is 7.80. The van der Waals surface area contributed by atoms with Crippen LogP contribution in [-0.2, 0) is 4.74 Å². The fraction of sp³-hybridized carbons (Fsp3) is 0.562. The first kappa shape index (κ1) is 16.4. The summed E-state index contributed by atoms with van der Waals surface area (Å²) < 4.78 is 4.88. The fourth-order valence-electron chi connectivity index (χ4n) is 2.37. The molecule has 6 nitrogen and oxygen atoms in total. The highest BCUT2D eigenvalue weighted by Crippen LogP contribution is 2.19. The van der Waals surface area contributed by atoms with Gasteiger partial charge in [0.05, 0.1) is 12.2 Å². The molecule has 2 N–H and O–H groups in total. The van der Waals surface area contributed by atoms with E-state index >= 15 is 0 Å². The van der Waals surface area contributed by atoms with Crippen LogP contribution < -0.4 is 10.6 Å². The van der Waals surface area contributed by atoms with Gasteiger partial charge in [0.1, 0.15) is 0 Å². The van der Waals surface area contributed by atoms with E-state index < -0.39 is 0 Å². The number of carbonyl (C=O) groups excluding carboxylic acids is 1. The van der Waals surface area contributed by atoms with Crippen molar-refractivity contribution in [3.8, 4) is 0 Å². The van der Waals surface area contributed by atoms with Gasteiger partial charge in [0.25, 0.3) is 5.91 Å². The summed E-state index contributed by atoms with van der Waals surface area (Å²) in [6, 6.07) is 0. The van der Waals surface area contributed by atoms with Gasteiger partial charge in [0, 0.05) is 32.6 Å². The molecule has 0 atom stereocenters. The van der Waals surface area contributed by atoms with Crippen LogP contribution in [0.15, 0.2) is 24.0 Å². The minimum Gasteiger partial charge on any atom is -0.383 e. The summed E-state index contributed by atoms with van der Waals surface area (Å²) in [6.07, 6.45) is 11.5. The van der Waals surface area contributed by atoms with E-state index in [0.717, 1.165) is 13.0 Å². The topological polar surface area (TPSA) is 76.1 Å². The third-order valence-corrected chi connectivity index (χ3v) is 3.62. The average molecular weight is 304 g/mol. The van der Waals surface area contributed by atoms with E-state index in [4.69, 9.17) is 4.74 Å². The first-order chi connectivity index (χ1) is 10.8. The molecule has 1 aromatic heterocycles. The number of ether oxygens (including phenoxy) is 1. The summed E-state index contributed by atoms with van der Waals surface area (Å²) in [5, 5.41) is 5.93. The van der Waals surface area contributed by atoms with Gasteiger partial charge in [-0.15, -0.1) is 0 Å². The molecule has 0 saturated carbocycles. The van der Waals surface area contributed by atoms with E-state index in [-0.39, 0.29) is 5.91 Å². The van der Waals surface area contributed by atoms with Gasteiger partial charge in [0.2, 0.25) is 5.95 Å². The van der Waals surface area contributed by atoms with E-state index in [2.05, 4.69) is 26.7 Å². The number of methoxy groups -OCH3 is 1. The summed E-state index contributed by atoms with van der Waals surface area (Å²) in [5.74, 6) is 0.376. The lowest BCUT2D eigenvalue weighted by molar-refractivity contribution is 0.0936. The van der Waals surface area contributed by atoms with Crippen LogP contribution in [0.5, 0.6) is 0 Å². The Kier molecular flexibility index (Phi) is 6.83. The highest BCUT2D eigenvalue weighted by Gasteiger charge is 2.07. The number of hydrogen-bond acceptors (Lipinski definition) is 5. The van der Waals surface area contributed by atoms with Gasteiger partial charge in [-0.25, -0.2) is 9.97 Å². The predicted octanol–water partition coefficient (Wildman–Crippen LogP) is 2.16. The Morgan fingerprint density at radius 1 is 1.27 bits per heavy atom. The summed E-state index contributed by atoms with van der Waals surface area (Å²) in [6.45, 7) is 1.79. The Morgan fingerprint density at radius 3 is 2.77 bits per heavy atom. The number of hydrogen-bond donors (Lipinski definition) is 2. The van der Waals surface area contributed by atoms with Gasteiger partial charge in [-0.1, -0.05) is 11.6 Å². The molecule has 2 rings (SSSR count). The third kappa shape index (κ3) is 5.44. The van der Waals surface area contributed by atoms with Crippen molar-refractivity contribution in [2.75, 3.05) is 32.1 Å². The van der Waals surface area contributed by atoms with Crippen LogP contribution in [-0.4, -0.2) is 42.7 Å². The summed E-state index contributed by atoms with van der Waals surface area (Å²) in [7, 11) is 1.60. The van der Waals surface area contributed by atoms with Gasteiger partial charge in [-0.3, -0.25) is 4.79 Å². The van der Waals surface area contributed by atoms with Crippen molar-refractivity contribution in [1.29, 1.82) is 0 Å². The van der Waals surface area contributed by atoms with Crippen LogP contribution >= 0.6 is 0 Å². The molecule has 0 fully saturated rings.